The predicted octanol–water partition coefficient (Wildman–Crippen LogP) is 2.93. The summed E-state index contributed by atoms with van der Waals surface area (Å²) in [5, 5.41) is 11.1. The number of likely N-dealkylation sites (tertiary alicyclic amines) is 1. The molecule has 0 unspecified atom stereocenters. The number of methoxy groups -OCH3 is 1. The summed E-state index contributed by atoms with van der Waals surface area (Å²) >= 11 is 0. The molecule has 2 fully saturated rings. The van der Waals surface area contributed by atoms with Crippen molar-refractivity contribution in [3.63, 3.8) is 0 Å². The van der Waals surface area contributed by atoms with Crippen molar-refractivity contribution in [2.45, 2.75) is 30.2 Å². The standard InChI is InChI=1S/C25H28N2O6S/c1-33-17-16-27-22(18-8-4-2-5-9-18)21(24(29)25(27)30)23(28)19-10-12-20(13-11-19)34(31,32)26-14-6-3-7-15-26/h2,4-5,8-13,22,28H,3,6-7,14-17H2,1H3/t22-/m0/s1. The third kappa shape index (κ3) is 4.51. The quantitative estimate of drug-likeness (QED) is 0.368. The number of Topliss-reactive ketones (excluding diaryl/α,β-unsaturated/α-hetero) is 1. The van der Waals surface area contributed by atoms with Gasteiger partial charge in [0.2, 0.25) is 10.0 Å². The number of hydrogen-bond donors (Lipinski definition) is 1. The topological polar surface area (TPSA) is 104 Å². The van der Waals surface area contributed by atoms with Crippen LogP contribution < -0.4 is 0 Å². The molecular weight excluding hydrogens is 456 g/mol. The van der Waals surface area contributed by atoms with E-state index in [2.05, 4.69) is 0 Å². The van der Waals surface area contributed by atoms with E-state index >= 15 is 0 Å². The molecule has 0 spiro atoms. The van der Waals surface area contributed by atoms with Crippen molar-refractivity contribution >= 4 is 27.5 Å². The Morgan fingerprint density at radius 3 is 2.26 bits per heavy atom. The summed E-state index contributed by atoms with van der Waals surface area (Å²) in [5.74, 6) is -1.83. The zero-order chi connectivity index (χ0) is 24.3. The molecule has 0 aliphatic carbocycles. The van der Waals surface area contributed by atoms with E-state index < -0.39 is 27.8 Å². The highest BCUT2D eigenvalue weighted by Gasteiger charge is 2.45. The van der Waals surface area contributed by atoms with Gasteiger partial charge < -0.3 is 14.7 Å². The fraction of sp³-hybridized carbons (Fsp3) is 0.360. The molecule has 0 bridgehead atoms. The van der Waals surface area contributed by atoms with E-state index in [1.54, 1.807) is 24.3 Å². The first-order chi connectivity index (χ1) is 16.4. The average molecular weight is 485 g/mol. The summed E-state index contributed by atoms with van der Waals surface area (Å²) in [7, 11) is -2.12. The molecule has 2 aromatic rings. The number of rotatable bonds is 7. The lowest BCUT2D eigenvalue weighted by atomic mass is 9.95. The van der Waals surface area contributed by atoms with E-state index in [0.717, 1.165) is 19.3 Å². The smallest absolute Gasteiger partial charge is 0.295 e. The summed E-state index contributed by atoms with van der Waals surface area (Å²) in [6, 6.07) is 14.0. The van der Waals surface area contributed by atoms with Crippen LogP contribution in [0.3, 0.4) is 0 Å². The van der Waals surface area contributed by atoms with Gasteiger partial charge in [-0.3, -0.25) is 9.59 Å². The van der Waals surface area contributed by atoms with Crippen LogP contribution >= 0.6 is 0 Å². The Morgan fingerprint density at radius 1 is 1.00 bits per heavy atom. The molecule has 0 saturated carbocycles. The van der Waals surface area contributed by atoms with Crippen LogP contribution in [0.2, 0.25) is 0 Å². The molecule has 1 amide bonds. The van der Waals surface area contributed by atoms with Gasteiger partial charge in [0.05, 0.1) is 23.1 Å². The summed E-state index contributed by atoms with van der Waals surface area (Å²) in [5.41, 5.74) is 0.922. The number of carbonyl (C=O) groups excluding carboxylic acids is 2. The van der Waals surface area contributed by atoms with Crippen molar-refractivity contribution in [2.75, 3.05) is 33.4 Å². The number of piperidine rings is 1. The average Bonchev–Trinajstić information content (AvgIpc) is 3.13. The molecule has 2 aliphatic heterocycles. The monoisotopic (exact) mass is 484 g/mol. The minimum atomic E-state index is -3.62. The zero-order valence-electron chi connectivity index (χ0n) is 19.0. The van der Waals surface area contributed by atoms with Gasteiger partial charge in [-0.1, -0.05) is 36.8 Å². The van der Waals surface area contributed by atoms with Gasteiger partial charge in [-0.2, -0.15) is 4.31 Å². The summed E-state index contributed by atoms with van der Waals surface area (Å²) in [6.07, 6.45) is 2.69. The lowest BCUT2D eigenvalue weighted by Crippen LogP contribution is -2.35. The Morgan fingerprint density at radius 2 is 1.65 bits per heavy atom. The lowest BCUT2D eigenvalue weighted by molar-refractivity contribution is -0.140. The van der Waals surface area contributed by atoms with Crippen LogP contribution in [0.1, 0.15) is 36.4 Å². The summed E-state index contributed by atoms with van der Waals surface area (Å²) in [6.45, 7) is 1.40. The van der Waals surface area contributed by atoms with Gasteiger partial charge in [-0.25, -0.2) is 8.42 Å². The molecule has 180 valence electrons. The molecule has 2 aromatic carbocycles. The Bertz CT molecular complexity index is 1190. The van der Waals surface area contributed by atoms with Crippen LogP contribution in [0, 0.1) is 0 Å². The fourth-order valence-corrected chi connectivity index (χ4v) is 5.99. The Labute approximate surface area is 199 Å². The van der Waals surface area contributed by atoms with E-state index in [-0.39, 0.29) is 34.9 Å². The van der Waals surface area contributed by atoms with E-state index in [0.29, 0.717) is 18.7 Å². The number of nitrogens with zero attached hydrogens (tertiary/aromatic N) is 2. The first-order valence-electron chi connectivity index (χ1n) is 11.3. The second-order valence-electron chi connectivity index (χ2n) is 8.39. The molecule has 1 N–H and O–H groups in total. The van der Waals surface area contributed by atoms with E-state index in [1.165, 1.54) is 40.6 Å². The first kappa shape index (κ1) is 24.1. The maximum atomic E-state index is 13.0. The van der Waals surface area contributed by atoms with Crippen molar-refractivity contribution < 1.29 is 27.9 Å². The highest BCUT2D eigenvalue weighted by molar-refractivity contribution is 7.89. The molecule has 2 saturated heterocycles. The zero-order valence-corrected chi connectivity index (χ0v) is 19.8. The molecule has 34 heavy (non-hydrogen) atoms. The predicted molar refractivity (Wildman–Crippen MR) is 126 cm³/mol. The van der Waals surface area contributed by atoms with Crippen LogP contribution in [-0.2, 0) is 24.3 Å². The second kappa shape index (κ2) is 10.1. The number of sulfonamides is 1. The number of amides is 1. The van der Waals surface area contributed by atoms with Gasteiger partial charge in [-0.15, -0.1) is 0 Å². The molecule has 0 aromatic heterocycles. The van der Waals surface area contributed by atoms with Gasteiger partial charge in [0.1, 0.15) is 5.76 Å². The lowest BCUT2D eigenvalue weighted by Gasteiger charge is -2.26. The number of aliphatic hydroxyl groups excluding tert-OH is 1. The first-order valence-corrected chi connectivity index (χ1v) is 12.7. The fourth-order valence-electron chi connectivity index (χ4n) is 4.48. The van der Waals surface area contributed by atoms with Gasteiger partial charge in [0.25, 0.3) is 11.7 Å². The van der Waals surface area contributed by atoms with Crippen molar-refractivity contribution in [2.24, 2.45) is 0 Å². The molecule has 9 heteroatoms. The van der Waals surface area contributed by atoms with Crippen LogP contribution in [0.5, 0.6) is 0 Å². The van der Waals surface area contributed by atoms with E-state index in [4.69, 9.17) is 4.74 Å². The number of hydrogen-bond acceptors (Lipinski definition) is 6. The van der Waals surface area contributed by atoms with E-state index in [1.807, 2.05) is 6.07 Å². The second-order valence-corrected chi connectivity index (χ2v) is 10.3. The molecule has 4 rings (SSSR count). The Hall–Kier alpha value is -3.01. The highest BCUT2D eigenvalue weighted by atomic mass is 32.2. The molecule has 2 aliphatic rings. The van der Waals surface area contributed by atoms with Crippen molar-refractivity contribution in [3.05, 3.63) is 71.3 Å². The highest BCUT2D eigenvalue weighted by Crippen LogP contribution is 2.39. The number of benzene rings is 2. The Kier molecular flexibility index (Phi) is 7.16. The number of aliphatic hydroxyl groups is 1. The number of ketones is 1. The third-order valence-corrected chi connectivity index (χ3v) is 8.19. The maximum absolute atomic E-state index is 13.0. The Balaban J connectivity index is 1.72. The number of carbonyl (C=O) groups is 2. The molecule has 0 radical (unpaired) electrons. The largest absolute Gasteiger partial charge is 0.507 e. The minimum absolute atomic E-state index is 0.0288. The van der Waals surface area contributed by atoms with Crippen molar-refractivity contribution in [3.8, 4) is 0 Å². The van der Waals surface area contributed by atoms with Crippen LogP contribution in [0.15, 0.2) is 65.1 Å². The van der Waals surface area contributed by atoms with Gasteiger partial charge in [0.15, 0.2) is 0 Å². The molecule has 8 nitrogen and oxygen atoms in total. The van der Waals surface area contributed by atoms with Crippen LogP contribution in [0.25, 0.3) is 5.76 Å². The normalized spacial score (nSPS) is 21.2. The van der Waals surface area contributed by atoms with Crippen molar-refractivity contribution in [1.82, 2.24) is 9.21 Å². The van der Waals surface area contributed by atoms with Gasteiger partial charge >= 0.3 is 0 Å². The van der Waals surface area contributed by atoms with Gasteiger partial charge in [0, 0.05) is 32.3 Å². The molecular formula is C25H28N2O6S. The van der Waals surface area contributed by atoms with Gasteiger partial charge in [-0.05, 0) is 42.7 Å². The minimum Gasteiger partial charge on any atom is -0.507 e. The third-order valence-electron chi connectivity index (χ3n) is 6.27. The van der Waals surface area contributed by atoms with E-state index in [9.17, 15) is 23.1 Å². The summed E-state index contributed by atoms with van der Waals surface area (Å²) < 4.78 is 32.4. The summed E-state index contributed by atoms with van der Waals surface area (Å²) in [4.78, 5) is 27.3. The van der Waals surface area contributed by atoms with Crippen molar-refractivity contribution in [1.29, 1.82) is 0 Å². The molecule has 2 heterocycles. The maximum Gasteiger partial charge on any atom is 0.295 e. The van der Waals surface area contributed by atoms with Crippen LogP contribution in [-0.4, -0.2) is 67.8 Å². The SMILES string of the molecule is COCCN1C(=O)C(=O)C(=C(O)c2ccc(S(=O)(=O)N3CCCCC3)cc2)[C@@H]1c1ccccc1. The number of ether oxygens (including phenoxy) is 1. The van der Waals surface area contributed by atoms with Crippen LogP contribution in [0.4, 0.5) is 0 Å². The molecule has 1 atom stereocenters.